The molecule has 3 aromatic carbocycles. The number of allylic oxidation sites excluding steroid dienone is 4. The Balaban J connectivity index is 0.000000185. The number of carbonyl (C=O) groups is 2. The molecule has 7 rings (SSSR count). The van der Waals surface area contributed by atoms with Crippen LogP contribution in [0.15, 0.2) is 103 Å². The predicted octanol–water partition coefficient (Wildman–Crippen LogP) is 7.65. The number of carbonyl (C=O) groups excluding carboxylic acids is 2. The van der Waals surface area contributed by atoms with Gasteiger partial charge >= 0.3 is 5.97 Å². The molecule has 214 valence electrons. The van der Waals surface area contributed by atoms with E-state index < -0.39 is 5.97 Å². The zero-order valence-electron chi connectivity index (χ0n) is 23.6. The third kappa shape index (κ3) is 5.42. The van der Waals surface area contributed by atoms with Gasteiger partial charge in [-0.2, -0.15) is 0 Å². The number of ether oxygens (including phenoxy) is 1. The number of pyridine rings is 2. The van der Waals surface area contributed by atoms with Gasteiger partial charge in [-0.15, -0.1) is 0 Å². The van der Waals surface area contributed by atoms with Crippen LogP contribution in [0.3, 0.4) is 0 Å². The van der Waals surface area contributed by atoms with Gasteiger partial charge in [0.05, 0.1) is 6.61 Å². The molecule has 1 unspecified atom stereocenters. The average molecular weight is 573 g/mol. The molecule has 0 bridgehead atoms. The zero-order chi connectivity index (χ0) is 29.9. The molecule has 0 saturated heterocycles. The maximum absolute atomic E-state index is 13.7. The normalized spacial score (nSPS) is 15.5. The van der Waals surface area contributed by atoms with Crippen molar-refractivity contribution in [3.8, 4) is 5.75 Å². The first-order valence-electron chi connectivity index (χ1n) is 14.3. The average Bonchev–Trinajstić information content (AvgIpc) is 3.04. The van der Waals surface area contributed by atoms with Gasteiger partial charge in [0.25, 0.3) is 0 Å². The van der Waals surface area contributed by atoms with Crippen molar-refractivity contribution < 1.29 is 23.8 Å². The minimum absolute atomic E-state index is 0.0421. The van der Waals surface area contributed by atoms with Crippen LogP contribution < -0.4 is 0 Å². The summed E-state index contributed by atoms with van der Waals surface area (Å²) in [5, 5.41) is 13.7. The monoisotopic (exact) mass is 572 g/mol. The summed E-state index contributed by atoms with van der Waals surface area (Å²) >= 11 is 0. The summed E-state index contributed by atoms with van der Waals surface area (Å²) in [5.74, 6) is -0.787. The molecule has 0 fully saturated rings. The quantitative estimate of drug-likeness (QED) is 0.223. The highest BCUT2D eigenvalue weighted by atomic mass is 19.1. The number of phenolic OH excluding ortho intramolecular Hbond substituents is 1. The van der Waals surface area contributed by atoms with Gasteiger partial charge in [0.1, 0.15) is 11.6 Å². The maximum atomic E-state index is 13.7. The van der Waals surface area contributed by atoms with E-state index in [0.717, 1.165) is 51.3 Å². The number of benzene rings is 3. The van der Waals surface area contributed by atoms with Gasteiger partial charge in [-0.25, -0.2) is 14.2 Å². The molecular weight excluding hydrogens is 543 g/mol. The Kier molecular flexibility index (Phi) is 7.79. The van der Waals surface area contributed by atoms with E-state index in [1.54, 1.807) is 55.8 Å². The number of rotatable bonds is 4. The number of phenols is 1. The highest BCUT2D eigenvalue weighted by Gasteiger charge is 2.35. The van der Waals surface area contributed by atoms with E-state index in [9.17, 15) is 19.1 Å². The Morgan fingerprint density at radius 3 is 2.67 bits per heavy atom. The molecule has 1 N–H and O–H groups in total. The number of esters is 1. The number of fused-ring (bicyclic) bond motifs is 5. The molecular formula is C36H29FN2O4. The molecule has 2 aliphatic rings. The van der Waals surface area contributed by atoms with Crippen molar-refractivity contribution in [2.75, 3.05) is 6.61 Å². The van der Waals surface area contributed by atoms with Crippen LogP contribution in [0.2, 0.25) is 0 Å². The number of Topliss-reactive ketones (excluding diaryl/α,β-unsaturated/α-hetero) is 1. The van der Waals surface area contributed by atoms with Crippen molar-refractivity contribution in [1.29, 1.82) is 0 Å². The van der Waals surface area contributed by atoms with E-state index >= 15 is 0 Å². The van der Waals surface area contributed by atoms with Gasteiger partial charge < -0.3 is 9.84 Å². The first-order chi connectivity index (χ1) is 21.0. The van der Waals surface area contributed by atoms with Crippen LogP contribution >= 0.6 is 0 Å². The van der Waals surface area contributed by atoms with E-state index in [1.165, 1.54) is 12.1 Å². The largest absolute Gasteiger partial charge is 0.507 e. The number of hydrogen-bond acceptors (Lipinski definition) is 6. The van der Waals surface area contributed by atoms with Crippen LogP contribution in [0, 0.1) is 11.7 Å². The Bertz CT molecular complexity index is 1920. The van der Waals surface area contributed by atoms with E-state index in [1.807, 2.05) is 24.3 Å². The molecule has 0 amide bonds. The molecule has 2 aliphatic carbocycles. The first-order valence-corrected chi connectivity index (χ1v) is 14.3. The minimum atomic E-state index is -0.394. The van der Waals surface area contributed by atoms with Crippen molar-refractivity contribution in [1.82, 2.24) is 9.97 Å². The fourth-order valence-corrected chi connectivity index (χ4v) is 5.93. The number of aromatic nitrogens is 2. The van der Waals surface area contributed by atoms with Gasteiger partial charge in [-0.1, -0.05) is 54.1 Å². The van der Waals surface area contributed by atoms with Crippen molar-refractivity contribution in [3.05, 3.63) is 131 Å². The van der Waals surface area contributed by atoms with E-state index in [0.29, 0.717) is 29.7 Å². The molecule has 43 heavy (non-hydrogen) atoms. The highest BCUT2D eigenvalue weighted by Crippen LogP contribution is 2.45. The van der Waals surface area contributed by atoms with Crippen LogP contribution in [0.1, 0.15) is 51.7 Å². The van der Waals surface area contributed by atoms with E-state index in [4.69, 9.17) is 4.74 Å². The molecule has 7 heteroatoms. The molecule has 2 heterocycles. The van der Waals surface area contributed by atoms with E-state index in [2.05, 4.69) is 22.1 Å². The first kappa shape index (κ1) is 28.0. The number of hydrogen-bond donors (Lipinski definition) is 1. The second-order valence-corrected chi connectivity index (χ2v) is 10.5. The summed E-state index contributed by atoms with van der Waals surface area (Å²) in [5.41, 5.74) is 5.04. The number of aromatic hydroxyl groups is 1. The lowest BCUT2D eigenvalue weighted by atomic mass is 9.71. The number of nitrogens with zero attached hydrogens (tertiary/aromatic N) is 2. The van der Waals surface area contributed by atoms with Crippen LogP contribution in [-0.4, -0.2) is 33.4 Å². The summed E-state index contributed by atoms with van der Waals surface area (Å²) in [4.78, 5) is 33.2. The lowest BCUT2D eigenvalue weighted by Gasteiger charge is -2.31. The molecule has 5 aromatic rings. The Morgan fingerprint density at radius 2 is 1.86 bits per heavy atom. The summed E-state index contributed by atoms with van der Waals surface area (Å²) in [6.45, 7) is 2.12. The van der Waals surface area contributed by atoms with Crippen molar-refractivity contribution in [2.45, 2.75) is 26.2 Å². The standard InChI is InChI=1S/C25H19FO2.C11H10N2O2/c26-17-11-8-15(9-12-17)14-21-19-6-2-1-5-18(19)20-13-10-16-4-3-7-22(27)23(16)24(20)25(21)28;1-2-15-11(14)10-9-4-5-12-7-8(9)3-6-13-10/h1,3-5,7-13,21,27H,2,6,14H2;3-7H,2H2,1H3. The second kappa shape index (κ2) is 12.0. The molecule has 6 nitrogen and oxygen atoms in total. The topological polar surface area (TPSA) is 89.4 Å². The third-order valence-electron chi connectivity index (χ3n) is 7.89. The van der Waals surface area contributed by atoms with Gasteiger partial charge in [0, 0.05) is 46.2 Å². The van der Waals surface area contributed by atoms with Gasteiger partial charge in [-0.3, -0.25) is 9.78 Å². The minimum Gasteiger partial charge on any atom is -0.507 e. The summed E-state index contributed by atoms with van der Waals surface area (Å²) in [6, 6.07) is 19.2. The lowest BCUT2D eigenvalue weighted by Crippen LogP contribution is -2.27. The summed E-state index contributed by atoms with van der Waals surface area (Å²) in [6.07, 6.45) is 11.5. The van der Waals surface area contributed by atoms with Crippen LogP contribution in [0.25, 0.3) is 27.1 Å². The van der Waals surface area contributed by atoms with Gasteiger partial charge in [0.15, 0.2) is 11.5 Å². The molecule has 2 aromatic heterocycles. The smallest absolute Gasteiger partial charge is 0.357 e. The summed E-state index contributed by atoms with van der Waals surface area (Å²) in [7, 11) is 0. The Hall–Kier alpha value is -5.17. The molecule has 1 atom stereocenters. The second-order valence-electron chi connectivity index (χ2n) is 10.5. The van der Waals surface area contributed by atoms with Gasteiger partial charge in [0.2, 0.25) is 0 Å². The Morgan fingerprint density at radius 1 is 1.02 bits per heavy atom. The SMILES string of the molecule is CCOC(=O)c1nccc2cnccc12.O=C1c2c(ccc3cccc(O)c23)C2=C(CCC=C2)C1Cc1ccc(F)cc1. The van der Waals surface area contributed by atoms with Crippen molar-refractivity contribution in [3.63, 3.8) is 0 Å². The lowest BCUT2D eigenvalue weighted by molar-refractivity contribution is 0.0522. The zero-order valence-corrected chi connectivity index (χ0v) is 23.6. The van der Waals surface area contributed by atoms with Gasteiger partial charge in [-0.05, 0) is 78.6 Å². The van der Waals surface area contributed by atoms with Crippen molar-refractivity contribution >= 4 is 38.9 Å². The fraction of sp³-hybridized carbons (Fsp3) is 0.167. The molecule has 0 radical (unpaired) electrons. The van der Waals surface area contributed by atoms with Crippen molar-refractivity contribution in [2.24, 2.45) is 5.92 Å². The molecule has 0 saturated carbocycles. The summed E-state index contributed by atoms with van der Waals surface area (Å²) < 4.78 is 18.2. The highest BCUT2D eigenvalue weighted by molar-refractivity contribution is 6.18. The maximum Gasteiger partial charge on any atom is 0.357 e. The van der Waals surface area contributed by atoms with Crippen LogP contribution in [-0.2, 0) is 11.2 Å². The number of ketones is 1. The molecule has 0 aliphatic heterocycles. The number of halogens is 1. The third-order valence-corrected chi connectivity index (χ3v) is 7.89. The van der Waals surface area contributed by atoms with E-state index in [-0.39, 0.29) is 23.3 Å². The van der Waals surface area contributed by atoms with Crippen LogP contribution in [0.4, 0.5) is 4.39 Å². The van der Waals surface area contributed by atoms with Crippen LogP contribution in [0.5, 0.6) is 5.75 Å². The fourth-order valence-electron chi connectivity index (χ4n) is 5.93. The Labute approximate surface area is 248 Å². The molecule has 0 spiro atoms. The predicted molar refractivity (Wildman–Crippen MR) is 164 cm³/mol.